The first-order valence-corrected chi connectivity index (χ1v) is 14.6. The molecular weight excluding hydrogens is 546 g/mol. The zero-order valence-electron chi connectivity index (χ0n) is 24.9. The molecule has 43 heavy (non-hydrogen) atoms. The van der Waals surface area contributed by atoms with Crippen molar-refractivity contribution in [3.63, 3.8) is 0 Å². The lowest BCUT2D eigenvalue weighted by atomic mass is 10.0. The van der Waals surface area contributed by atoms with E-state index in [1.54, 1.807) is 23.4 Å². The maximum Gasteiger partial charge on any atom is 0.259 e. The highest BCUT2D eigenvalue weighted by atomic mass is 16.5. The zero-order chi connectivity index (χ0) is 30.5. The van der Waals surface area contributed by atoms with Gasteiger partial charge in [0.15, 0.2) is 11.6 Å². The van der Waals surface area contributed by atoms with Crippen LogP contribution in [0.1, 0.15) is 61.6 Å². The number of hydrogen-bond acceptors (Lipinski definition) is 7. The van der Waals surface area contributed by atoms with Crippen LogP contribution in [0.25, 0.3) is 22.6 Å². The van der Waals surface area contributed by atoms with Gasteiger partial charge < -0.3 is 20.1 Å². The predicted octanol–water partition coefficient (Wildman–Crippen LogP) is 4.16. The van der Waals surface area contributed by atoms with Gasteiger partial charge in [-0.1, -0.05) is 79.7 Å². The highest BCUT2D eigenvalue weighted by Gasteiger charge is 2.30. The Kier molecular flexibility index (Phi) is 8.98. The molecule has 3 heterocycles. The summed E-state index contributed by atoms with van der Waals surface area (Å²) >= 11 is 0. The molecular formula is C32H37N7O4. The summed E-state index contributed by atoms with van der Waals surface area (Å²) in [7, 11) is 0. The van der Waals surface area contributed by atoms with Crippen molar-refractivity contribution in [3.05, 3.63) is 77.8 Å². The number of aromatic nitrogens is 4. The number of carbonyl (C=O) groups excluding carboxylic acids is 3. The van der Waals surface area contributed by atoms with E-state index in [9.17, 15) is 14.4 Å². The molecule has 1 aliphatic rings. The van der Waals surface area contributed by atoms with E-state index in [4.69, 9.17) is 14.6 Å². The Hall–Kier alpha value is -4.80. The van der Waals surface area contributed by atoms with E-state index in [2.05, 4.69) is 15.8 Å². The van der Waals surface area contributed by atoms with E-state index in [-0.39, 0.29) is 30.1 Å². The van der Waals surface area contributed by atoms with Crippen LogP contribution in [0.5, 0.6) is 0 Å². The van der Waals surface area contributed by atoms with Gasteiger partial charge in [0.25, 0.3) is 5.91 Å². The Morgan fingerprint density at radius 3 is 2.30 bits per heavy atom. The lowest BCUT2D eigenvalue weighted by Gasteiger charge is -2.27. The fourth-order valence-corrected chi connectivity index (χ4v) is 5.18. The number of rotatable bonds is 4. The summed E-state index contributed by atoms with van der Waals surface area (Å²) in [5.41, 5.74) is 2.49. The van der Waals surface area contributed by atoms with Gasteiger partial charge in [-0.3, -0.25) is 14.4 Å². The van der Waals surface area contributed by atoms with Crippen molar-refractivity contribution in [1.29, 1.82) is 0 Å². The van der Waals surface area contributed by atoms with Crippen LogP contribution in [0.3, 0.4) is 0 Å². The second kappa shape index (κ2) is 13.0. The standard InChI is InChI=1S/C32H37N7O4/c1-20(2)27-30-35-29(24-14-9-6-10-15-24)36-39(30)19-18-38(17-11-16-25(40)33-21(3)31(41)34-27)32(42)26-22(4)43-37-28(26)23-12-7-5-8-13-23/h5-10,12-15,20-21,27H,11,16-19H2,1-4H3,(H,33,40)(H,34,41)/t21-,27+/m1/s1. The number of aryl methyl sites for hydroxylation is 1. The topological polar surface area (TPSA) is 135 Å². The number of hydrogen-bond donors (Lipinski definition) is 2. The highest BCUT2D eigenvalue weighted by molar-refractivity contribution is 6.00. The van der Waals surface area contributed by atoms with Gasteiger partial charge in [-0.25, -0.2) is 9.67 Å². The molecule has 0 saturated heterocycles. The average Bonchev–Trinajstić information content (AvgIpc) is 3.61. The Morgan fingerprint density at radius 1 is 0.953 bits per heavy atom. The molecule has 0 unspecified atom stereocenters. The molecule has 4 aromatic rings. The van der Waals surface area contributed by atoms with Crippen molar-refractivity contribution in [1.82, 2.24) is 35.5 Å². The molecule has 1 aliphatic heterocycles. The van der Waals surface area contributed by atoms with Gasteiger partial charge in [0.2, 0.25) is 11.8 Å². The van der Waals surface area contributed by atoms with Crippen LogP contribution in [-0.2, 0) is 16.1 Å². The Bertz CT molecular complexity index is 1580. The third-order valence-corrected chi connectivity index (χ3v) is 7.57. The first-order valence-electron chi connectivity index (χ1n) is 14.6. The number of nitrogens with zero attached hydrogens (tertiary/aromatic N) is 5. The van der Waals surface area contributed by atoms with E-state index >= 15 is 0 Å². The predicted molar refractivity (Wildman–Crippen MR) is 161 cm³/mol. The van der Waals surface area contributed by atoms with Crippen LogP contribution in [0.2, 0.25) is 0 Å². The molecule has 0 bridgehead atoms. The SMILES string of the molecule is Cc1onc(-c2ccccc2)c1C(=O)N1CCCC(=O)N[C@H](C)C(=O)N[C@@H](C(C)C)c2nc(-c3ccccc3)nn2CC1. The monoisotopic (exact) mass is 583 g/mol. The maximum absolute atomic E-state index is 14.1. The minimum Gasteiger partial charge on any atom is -0.360 e. The summed E-state index contributed by atoms with van der Waals surface area (Å²) in [5, 5.41) is 14.9. The molecule has 224 valence electrons. The molecule has 5 rings (SSSR count). The maximum atomic E-state index is 14.1. The van der Waals surface area contributed by atoms with E-state index < -0.39 is 12.1 Å². The number of nitrogens with one attached hydrogen (secondary N) is 2. The summed E-state index contributed by atoms with van der Waals surface area (Å²) in [5.74, 6) is 0.707. The molecule has 0 aliphatic carbocycles. The third kappa shape index (κ3) is 6.66. The van der Waals surface area contributed by atoms with E-state index in [0.717, 1.165) is 11.1 Å². The lowest BCUT2D eigenvalue weighted by molar-refractivity contribution is -0.129. The van der Waals surface area contributed by atoms with Gasteiger partial charge in [-0.05, 0) is 26.2 Å². The van der Waals surface area contributed by atoms with Crippen molar-refractivity contribution in [2.45, 2.75) is 59.2 Å². The lowest BCUT2D eigenvalue weighted by Crippen LogP contribution is -2.47. The molecule has 0 radical (unpaired) electrons. The number of carbonyl (C=O) groups is 3. The molecule has 11 heteroatoms. The highest BCUT2D eigenvalue weighted by Crippen LogP contribution is 2.28. The van der Waals surface area contributed by atoms with Crippen molar-refractivity contribution in [2.75, 3.05) is 13.1 Å². The van der Waals surface area contributed by atoms with Crippen LogP contribution >= 0.6 is 0 Å². The second-order valence-corrected chi connectivity index (χ2v) is 11.1. The molecule has 2 N–H and O–H groups in total. The van der Waals surface area contributed by atoms with Gasteiger partial charge in [0.1, 0.15) is 23.1 Å². The minimum absolute atomic E-state index is 0.0304. The van der Waals surface area contributed by atoms with Crippen LogP contribution in [0.4, 0.5) is 0 Å². The van der Waals surface area contributed by atoms with Crippen molar-refractivity contribution < 1.29 is 18.9 Å². The first-order chi connectivity index (χ1) is 20.7. The normalized spacial score (nSPS) is 18.5. The summed E-state index contributed by atoms with van der Waals surface area (Å²) in [6, 6.07) is 17.8. The quantitative estimate of drug-likeness (QED) is 0.368. The number of fused-ring (bicyclic) bond motifs is 1. The molecule has 2 aromatic carbocycles. The molecule has 2 aromatic heterocycles. The third-order valence-electron chi connectivity index (χ3n) is 7.57. The van der Waals surface area contributed by atoms with Gasteiger partial charge in [-0.2, -0.15) is 5.10 Å². The van der Waals surface area contributed by atoms with Crippen molar-refractivity contribution >= 4 is 17.7 Å². The summed E-state index contributed by atoms with van der Waals surface area (Å²) in [6.45, 7) is 8.30. The Labute approximate surface area is 250 Å². The summed E-state index contributed by atoms with van der Waals surface area (Å²) in [4.78, 5) is 46.6. The fraction of sp³-hybridized carbons (Fsp3) is 0.375. The largest absolute Gasteiger partial charge is 0.360 e. The molecule has 3 amide bonds. The van der Waals surface area contributed by atoms with E-state index in [1.165, 1.54) is 0 Å². The van der Waals surface area contributed by atoms with Crippen LogP contribution in [0, 0.1) is 12.8 Å². The molecule has 2 atom stereocenters. The molecule has 0 fully saturated rings. The minimum atomic E-state index is -0.743. The van der Waals surface area contributed by atoms with Crippen LogP contribution < -0.4 is 10.6 Å². The average molecular weight is 584 g/mol. The van der Waals surface area contributed by atoms with Crippen LogP contribution in [-0.4, -0.2) is 61.7 Å². The van der Waals surface area contributed by atoms with Crippen molar-refractivity contribution in [3.8, 4) is 22.6 Å². The Balaban J connectivity index is 1.53. The van der Waals surface area contributed by atoms with E-state index in [1.807, 2.05) is 74.5 Å². The van der Waals surface area contributed by atoms with Gasteiger partial charge in [0, 0.05) is 30.6 Å². The number of benzene rings is 2. The van der Waals surface area contributed by atoms with Gasteiger partial charge in [-0.15, -0.1) is 0 Å². The second-order valence-electron chi connectivity index (χ2n) is 11.1. The number of amides is 3. The van der Waals surface area contributed by atoms with Crippen molar-refractivity contribution in [2.24, 2.45) is 5.92 Å². The van der Waals surface area contributed by atoms with Gasteiger partial charge in [0.05, 0.1) is 12.6 Å². The molecule has 11 nitrogen and oxygen atoms in total. The van der Waals surface area contributed by atoms with Gasteiger partial charge >= 0.3 is 0 Å². The van der Waals surface area contributed by atoms with Crippen LogP contribution in [0.15, 0.2) is 65.2 Å². The molecule has 0 spiro atoms. The summed E-state index contributed by atoms with van der Waals surface area (Å²) < 4.78 is 7.27. The Morgan fingerprint density at radius 2 is 1.63 bits per heavy atom. The first kappa shape index (κ1) is 29.7. The van der Waals surface area contributed by atoms with E-state index in [0.29, 0.717) is 54.7 Å². The zero-order valence-corrected chi connectivity index (χ0v) is 24.9. The molecule has 0 saturated carbocycles. The summed E-state index contributed by atoms with van der Waals surface area (Å²) in [6.07, 6.45) is 0.570. The smallest absolute Gasteiger partial charge is 0.259 e. The fourth-order valence-electron chi connectivity index (χ4n) is 5.18.